The standard InChI is InChI=1S/C32H36O6/c1-22(2)13-7-3-4-12-18-38-32(37)28-21-27(30(33)34)25(19-23-14-8-5-9-15-23)26(29(28)31(35)36)20-24-16-10-6-11-17-24/h5-6,8-11,14-17,21-22H,3-4,7,12-13,18-20H2,1-2H3,(H,33,34)(H,35,36). The molecule has 0 saturated heterocycles. The Kier molecular flexibility index (Phi) is 10.6. The molecule has 6 nitrogen and oxygen atoms in total. The monoisotopic (exact) mass is 516 g/mol. The maximum absolute atomic E-state index is 13.1. The van der Waals surface area contributed by atoms with Gasteiger partial charge in [-0.3, -0.25) is 0 Å². The summed E-state index contributed by atoms with van der Waals surface area (Å²) in [5.74, 6) is -2.67. The molecule has 0 heterocycles. The molecular formula is C32H36O6. The molecule has 0 aromatic heterocycles. The smallest absolute Gasteiger partial charge is 0.339 e. The molecule has 6 heteroatoms. The second kappa shape index (κ2) is 14.1. The number of hydrogen-bond donors (Lipinski definition) is 2. The maximum Gasteiger partial charge on any atom is 0.339 e. The molecule has 3 rings (SSSR count). The minimum Gasteiger partial charge on any atom is -0.478 e. The number of unbranched alkanes of at least 4 members (excludes halogenated alkanes) is 3. The van der Waals surface area contributed by atoms with E-state index in [1.807, 2.05) is 60.7 Å². The van der Waals surface area contributed by atoms with Gasteiger partial charge in [0.15, 0.2) is 0 Å². The molecule has 0 amide bonds. The van der Waals surface area contributed by atoms with Gasteiger partial charge < -0.3 is 14.9 Å². The van der Waals surface area contributed by atoms with Gasteiger partial charge in [0.1, 0.15) is 0 Å². The number of benzene rings is 3. The van der Waals surface area contributed by atoms with Gasteiger partial charge >= 0.3 is 17.9 Å². The summed E-state index contributed by atoms with van der Waals surface area (Å²) in [4.78, 5) is 38.1. The summed E-state index contributed by atoms with van der Waals surface area (Å²) in [7, 11) is 0. The van der Waals surface area contributed by atoms with Crippen LogP contribution in [0.4, 0.5) is 0 Å². The van der Waals surface area contributed by atoms with Crippen molar-refractivity contribution in [3.05, 3.63) is 106 Å². The first-order chi connectivity index (χ1) is 18.3. The molecule has 0 unspecified atom stereocenters. The van der Waals surface area contributed by atoms with E-state index in [2.05, 4.69) is 13.8 Å². The average molecular weight is 517 g/mol. The zero-order chi connectivity index (χ0) is 27.5. The van der Waals surface area contributed by atoms with Crippen LogP contribution in [0.2, 0.25) is 0 Å². The Hall–Kier alpha value is -3.93. The molecule has 38 heavy (non-hydrogen) atoms. The second-order valence-corrected chi connectivity index (χ2v) is 9.97. The lowest BCUT2D eigenvalue weighted by molar-refractivity contribution is 0.0487. The van der Waals surface area contributed by atoms with E-state index in [1.165, 1.54) is 6.07 Å². The molecule has 0 fully saturated rings. The zero-order valence-corrected chi connectivity index (χ0v) is 22.1. The van der Waals surface area contributed by atoms with E-state index < -0.39 is 17.9 Å². The van der Waals surface area contributed by atoms with Gasteiger partial charge in [-0.25, -0.2) is 14.4 Å². The van der Waals surface area contributed by atoms with Gasteiger partial charge in [-0.15, -0.1) is 0 Å². The van der Waals surface area contributed by atoms with Crippen molar-refractivity contribution in [3.63, 3.8) is 0 Å². The highest BCUT2D eigenvalue weighted by atomic mass is 16.5. The Bertz CT molecular complexity index is 1230. The second-order valence-electron chi connectivity index (χ2n) is 9.97. The van der Waals surface area contributed by atoms with Crippen molar-refractivity contribution in [2.75, 3.05) is 6.61 Å². The summed E-state index contributed by atoms with van der Waals surface area (Å²) in [6, 6.07) is 19.7. The van der Waals surface area contributed by atoms with Crippen molar-refractivity contribution in [2.24, 2.45) is 5.92 Å². The first-order valence-electron chi connectivity index (χ1n) is 13.2. The van der Waals surface area contributed by atoms with Crippen molar-refractivity contribution < 1.29 is 29.3 Å². The molecule has 0 bridgehead atoms. The minimum absolute atomic E-state index is 0.0922. The normalized spacial score (nSPS) is 10.9. The third-order valence-electron chi connectivity index (χ3n) is 6.57. The van der Waals surface area contributed by atoms with E-state index in [1.54, 1.807) is 0 Å². The van der Waals surface area contributed by atoms with E-state index >= 15 is 0 Å². The van der Waals surface area contributed by atoms with Crippen LogP contribution in [-0.4, -0.2) is 34.7 Å². The van der Waals surface area contributed by atoms with E-state index in [4.69, 9.17) is 4.74 Å². The van der Waals surface area contributed by atoms with Gasteiger partial charge in [-0.2, -0.15) is 0 Å². The third-order valence-corrected chi connectivity index (χ3v) is 6.57. The molecule has 2 N–H and O–H groups in total. The van der Waals surface area contributed by atoms with Crippen LogP contribution < -0.4 is 0 Å². The predicted octanol–water partition coefficient (Wildman–Crippen LogP) is 7.03. The highest BCUT2D eigenvalue weighted by molar-refractivity contribution is 6.06. The van der Waals surface area contributed by atoms with Crippen LogP contribution in [0.5, 0.6) is 0 Å². The van der Waals surface area contributed by atoms with Crippen molar-refractivity contribution >= 4 is 17.9 Å². The molecule has 0 aliphatic heterocycles. The molecule has 0 spiro atoms. The van der Waals surface area contributed by atoms with Gasteiger partial charge in [-0.1, -0.05) is 100 Å². The van der Waals surface area contributed by atoms with Gasteiger partial charge in [-0.05, 0) is 53.5 Å². The van der Waals surface area contributed by atoms with E-state index in [0.29, 0.717) is 23.5 Å². The number of rotatable bonds is 14. The van der Waals surface area contributed by atoms with Gasteiger partial charge in [0.2, 0.25) is 0 Å². The highest BCUT2D eigenvalue weighted by Gasteiger charge is 2.29. The Morgan fingerprint density at radius 1 is 0.711 bits per heavy atom. The number of hydrogen-bond acceptors (Lipinski definition) is 4. The zero-order valence-electron chi connectivity index (χ0n) is 22.1. The van der Waals surface area contributed by atoms with Crippen LogP contribution in [0.25, 0.3) is 0 Å². The fourth-order valence-electron chi connectivity index (χ4n) is 4.62. The Balaban J connectivity index is 1.98. The van der Waals surface area contributed by atoms with Crippen molar-refractivity contribution in [1.29, 1.82) is 0 Å². The number of ether oxygens (including phenoxy) is 1. The first-order valence-corrected chi connectivity index (χ1v) is 13.2. The Morgan fingerprint density at radius 3 is 1.79 bits per heavy atom. The molecule has 0 aliphatic carbocycles. The number of carboxylic acid groups (broad SMARTS) is 2. The van der Waals surface area contributed by atoms with E-state index in [0.717, 1.165) is 36.8 Å². The summed E-state index contributed by atoms with van der Waals surface area (Å²) in [5, 5.41) is 20.4. The maximum atomic E-state index is 13.1. The van der Waals surface area contributed by atoms with Gasteiger partial charge in [0.05, 0.1) is 23.3 Å². The molecule has 0 radical (unpaired) electrons. The molecule has 3 aromatic carbocycles. The van der Waals surface area contributed by atoms with Crippen LogP contribution in [-0.2, 0) is 17.6 Å². The lowest BCUT2D eigenvalue weighted by Gasteiger charge is -2.19. The lowest BCUT2D eigenvalue weighted by Crippen LogP contribution is -2.20. The predicted molar refractivity (Wildman–Crippen MR) is 147 cm³/mol. The average Bonchev–Trinajstić information content (AvgIpc) is 2.89. The van der Waals surface area contributed by atoms with Crippen molar-refractivity contribution in [2.45, 2.75) is 58.8 Å². The lowest BCUT2D eigenvalue weighted by atomic mass is 9.85. The minimum atomic E-state index is -1.29. The molecule has 200 valence electrons. The van der Waals surface area contributed by atoms with Crippen LogP contribution in [0.15, 0.2) is 66.7 Å². The summed E-state index contributed by atoms with van der Waals surface area (Å²) in [6.07, 6.45) is 5.26. The molecule has 0 saturated carbocycles. The summed E-state index contributed by atoms with van der Waals surface area (Å²) in [6.45, 7) is 4.52. The van der Waals surface area contributed by atoms with Crippen LogP contribution >= 0.6 is 0 Å². The fourth-order valence-corrected chi connectivity index (χ4v) is 4.62. The molecule has 0 aliphatic rings. The van der Waals surface area contributed by atoms with Crippen molar-refractivity contribution in [3.8, 4) is 0 Å². The largest absolute Gasteiger partial charge is 0.478 e. The van der Waals surface area contributed by atoms with Crippen molar-refractivity contribution in [1.82, 2.24) is 0 Å². The Morgan fingerprint density at radius 2 is 1.26 bits per heavy atom. The van der Waals surface area contributed by atoms with Gasteiger partial charge in [0, 0.05) is 0 Å². The SMILES string of the molecule is CC(C)CCCCCCOC(=O)c1cc(C(=O)O)c(Cc2ccccc2)c(Cc2ccccc2)c1C(=O)O. The van der Waals surface area contributed by atoms with Gasteiger partial charge in [0.25, 0.3) is 0 Å². The number of carbonyl (C=O) groups is 3. The third kappa shape index (κ3) is 8.04. The quantitative estimate of drug-likeness (QED) is 0.176. The number of carboxylic acids is 2. The fraction of sp³-hybridized carbons (Fsp3) is 0.344. The molecule has 3 aromatic rings. The van der Waals surface area contributed by atoms with E-state index in [-0.39, 0.29) is 36.1 Å². The first kappa shape index (κ1) is 28.6. The van der Waals surface area contributed by atoms with Crippen LogP contribution in [0, 0.1) is 5.92 Å². The summed E-state index contributed by atoms with van der Waals surface area (Å²) < 4.78 is 5.45. The van der Waals surface area contributed by atoms with E-state index in [9.17, 15) is 24.6 Å². The number of carbonyl (C=O) groups excluding carboxylic acids is 1. The highest BCUT2D eigenvalue weighted by Crippen LogP contribution is 2.30. The number of esters is 1. The summed E-state index contributed by atoms with van der Waals surface area (Å²) >= 11 is 0. The molecular weight excluding hydrogens is 480 g/mol. The summed E-state index contributed by atoms with van der Waals surface area (Å²) in [5.41, 5.74) is 1.83. The topological polar surface area (TPSA) is 101 Å². The van der Waals surface area contributed by atoms with Crippen LogP contribution in [0.3, 0.4) is 0 Å². The molecule has 0 atom stereocenters. The number of aromatic carboxylic acids is 2. The van der Waals surface area contributed by atoms with Crippen LogP contribution in [0.1, 0.15) is 99.3 Å². The Labute approximate surface area is 224 Å².